The van der Waals surface area contributed by atoms with Crippen LogP contribution in [-0.2, 0) is 4.74 Å². The Kier molecular flexibility index (Phi) is 5.11. The van der Waals surface area contributed by atoms with Crippen molar-refractivity contribution in [3.63, 3.8) is 0 Å². The molecule has 1 amide bonds. The summed E-state index contributed by atoms with van der Waals surface area (Å²) in [6.45, 7) is 3.84. The second-order valence-electron chi connectivity index (χ2n) is 3.32. The number of nitrogens with one attached hydrogen (secondary N) is 1. The molecule has 82 valence electrons. The standard InChI is InChI=1S/C9H18N2O2S/c1-2-13-9(12)11-5-3-8(4-6-11)10-7-14/h8,10,14H,2-7H2,1H3. The number of hydrogen-bond acceptors (Lipinski definition) is 4. The molecule has 1 aliphatic rings. The second-order valence-corrected chi connectivity index (χ2v) is 3.64. The number of nitrogens with zero attached hydrogens (tertiary/aromatic N) is 1. The lowest BCUT2D eigenvalue weighted by Crippen LogP contribution is -2.44. The van der Waals surface area contributed by atoms with Gasteiger partial charge < -0.3 is 15.0 Å². The number of rotatable bonds is 3. The molecule has 0 radical (unpaired) electrons. The summed E-state index contributed by atoms with van der Waals surface area (Å²) in [5, 5.41) is 3.26. The zero-order chi connectivity index (χ0) is 10.4. The molecule has 0 saturated carbocycles. The van der Waals surface area contributed by atoms with Crippen molar-refractivity contribution < 1.29 is 9.53 Å². The van der Waals surface area contributed by atoms with Crippen LogP contribution in [0.2, 0.25) is 0 Å². The van der Waals surface area contributed by atoms with Crippen LogP contribution in [0.1, 0.15) is 19.8 Å². The van der Waals surface area contributed by atoms with Crippen LogP contribution in [0.3, 0.4) is 0 Å². The molecule has 0 atom stereocenters. The summed E-state index contributed by atoms with van der Waals surface area (Å²) in [6, 6.07) is 0.498. The Labute approximate surface area is 90.4 Å². The maximum Gasteiger partial charge on any atom is 0.409 e. The lowest BCUT2D eigenvalue weighted by Gasteiger charge is -2.31. The molecule has 1 N–H and O–H groups in total. The molecular formula is C9H18N2O2S. The minimum absolute atomic E-state index is 0.183. The monoisotopic (exact) mass is 218 g/mol. The first-order valence-corrected chi connectivity index (χ1v) is 5.67. The largest absolute Gasteiger partial charge is 0.450 e. The van der Waals surface area contributed by atoms with Gasteiger partial charge in [-0.25, -0.2) is 4.79 Å². The van der Waals surface area contributed by atoms with E-state index in [0.29, 0.717) is 18.5 Å². The third-order valence-corrected chi connectivity index (χ3v) is 2.58. The van der Waals surface area contributed by atoms with E-state index >= 15 is 0 Å². The highest BCUT2D eigenvalue weighted by molar-refractivity contribution is 7.80. The molecule has 1 fully saturated rings. The predicted molar refractivity (Wildman–Crippen MR) is 58.6 cm³/mol. The van der Waals surface area contributed by atoms with Gasteiger partial charge in [0.25, 0.3) is 0 Å². The Morgan fingerprint density at radius 2 is 2.21 bits per heavy atom. The first kappa shape index (κ1) is 11.7. The number of likely N-dealkylation sites (tertiary alicyclic amines) is 1. The van der Waals surface area contributed by atoms with Crippen molar-refractivity contribution in [3.05, 3.63) is 0 Å². The van der Waals surface area contributed by atoms with Gasteiger partial charge in [0.1, 0.15) is 0 Å². The molecule has 0 aromatic heterocycles. The Balaban J connectivity index is 2.24. The van der Waals surface area contributed by atoms with Crippen molar-refractivity contribution >= 4 is 18.7 Å². The van der Waals surface area contributed by atoms with Gasteiger partial charge in [-0.15, -0.1) is 0 Å². The summed E-state index contributed by atoms with van der Waals surface area (Å²) in [7, 11) is 0. The average Bonchev–Trinajstić information content (AvgIpc) is 2.20. The summed E-state index contributed by atoms with van der Waals surface area (Å²) in [5.74, 6) is 0.698. The number of carbonyl (C=O) groups excluding carboxylic acids is 1. The van der Waals surface area contributed by atoms with Crippen molar-refractivity contribution in [1.29, 1.82) is 0 Å². The Morgan fingerprint density at radius 1 is 1.57 bits per heavy atom. The van der Waals surface area contributed by atoms with E-state index in [2.05, 4.69) is 17.9 Å². The lowest BCUT2D eigenvalue weighted by molar-refractivity contribution is 0.0955. The second kappa shape index (κ2) is 6.14. The summed E-state index contributed by atoms with van der Waals surface area (Å²) >= 11 is 4.11. The van der Waals surface area contributed by atoms with Crippen LogP contribution in [0.5, 0.6) is 0 Å². The van der Waals surface area contributed by atoms with E-state index in [1.807, 2.05) is 6.92 Å². The van der Waals surface area contributed by atoms with Gasteiger partial charge in [-0.2, -0.15) is 12.6 Å². The minimum atomic E-state index is -0.183. The van der Waals surface area contributed by atoms with Crippen LogP contribution < -0.4 is 5.32 Å². The van der Waals surface area contributed by atoms with E-state index in [4.69, 9.17) is 4.74 Å². The first-order chi connectivity index (χ1) is 6.77. The third-order valence-electron chi connectivity index (χ3n) is 2.40. The van der Waals surface area contributed by atoms with Gasteiger partial charge in [0.2, 0.25) is 0 Å². The van der Waals surface area contributed by atoms with Gasteiger partial charge in [-0.05, 0) is 19.8 Å². The maximum absolute atomic E-state index is 11.3. The highest BCUT2D eigenvalue weighted by Gasteiger charge is 2.22. The molecule has 0 aliphatic carbocycles. The first-order valence-electron chi connectivity index (χ1n) is 5.04. The predicted octanol–water partition coefficient (Wildman–Crippen LogP) is 1.08. The molecule has 4 nitrogen and oxygen atoms in total. The average molecular weight is 218 g/mol. The van der Waals surface area contributed by atoms with Crippen LogP contribution in [0, 0.1) is 0 Å². The van der Waals surface area contributed by atoms with Crippen LogP contribution in [0.4, 0.5) is 4.79 Å². The number of amides is 1. The smallest absolute Gasteiger partial charge is 0.409 e. The number of carbonyl (C=O) groups is 1. The zero-order valence-electron chi connectivity index (χ0n) is 8.53. The van der Waals surface area contributed by atoms with E-state index in [-0.39, 0.29) is 6.09 Å². The Hall–Kier alpha value is -0.420. The molecule has 0 aromatic rings. The molecule has 0 spiro atoms. The summed E-state index contributed by atoms with van der Waals surface area (Å²) in [6.07, 6.45) is 1.79. The topological polar surface area (TPSA) is 41.6 Å². The van der Waals surface area contributed by atoms with Gasteiger partial charge >= 0.3 is 6.09 Å². The van der Waals surface area contributed by atoms with E-state index in [1.165, 1.54) is 0 Å². The van der Waals surface area contributed by atoms with E-state index in [0.717, 1.165) is 25.9 Å². The quantitative estimate of drug-likeness (QED) is 0.550. The van der Waals surface area contributed by atoms with Crippen molar-refractivity contribution in [2.24, 2.45) is 0 Å². The molecular weight excluding hydrogens is 200 g/mol. The van der Waals surface area contributed by atoms with Crippen molar-refractivity contribution in [1.82, 2.24) is 10.2 Å². The van der Waals surface area contributed by atoms with Crippen LogP contribution in [-0.4, -0.2) is 42.6 Å². The number of ether oxygens (including phenoxy) is 1. The van der Waals surface area contributed by atoms with Crippen LogP contribution in [0.25, 0.3) is 0 Å². The van der Waals surface area contributed by atoms with E-state index < -0.39 is 0 Å². The molecule has 5 heteroatoms. The SMILES string of the molecule is CCOC(=O)N1CCC(NCS)CC1. The molecule has 0 unspecified atom stereocenters. The fourth-order valence-electron chi connectivity index (χ4n) is 1.61. The fraction of sp³-hybridized carbons (Fsp3) is 0.889. The summed E-state index contributed by atoms with van der Waals surface area (Å²) in [4.78, 5) is 13.1. The normalized spacial score (nSPS) is 18.3. The molecule has 1 heterocycles. The Bertz CT molecular complexity index is 182. The highest BCUT2D eigenvalue weighted by atomic mass is 32.1. The minimum Gasteiger partial charge on any atom is -0.450 e. The van der Waals surface area contributed by atoms with Gasteiger partial charge in [0.15, 0.2) is 0 Å². The molecule has 14 heavy (non-hydrogen) atoms. The highest BCUT2D eigenvalue weighted by Crippen LogP contribution is 2.11. The van der Waals surface area contributed by atoms with Crippen LogP contribution in [0.15, 0.2) is 0 Å². The van der Waals surface area contributed by atoms with Gasteiger partial charge in [-0.3, -0.25) is 0 Å². The van der Waals surface area contributed by atoms with E-state index in [9.17, 15) is 4.79 Å². The fourth-order valence-corrected chi connectivity index (χ4v) is 1.87. The van der Waals surface area contributed by atoms with Gasteiger partial charge in [0, 0.05) is 25.0 Å². The molecule has 1 saturated heterocycles. The summed E-state index contributed by atoms with van der Waals surface area (Å²) in [5.41, 5.74) is 0. The van der Waals surface area contributed by atoms with Crippen molar-refractivity contribution in [3.8, 4) is 0 Å². The van der Waals surface area contributed by atoms with Gasteiger partial charge in [-0.1, -0.05) is 0 Å². The summed E-state index contributed by atoms with van der Waals surface area (Å²) < 4.78 is 4.93. The third kappa shape index (κ3) is 3.38. The van der Waals surface area contributed by atoms with Crippen molar-refractivity contribution in [2.45, 2.75) is 25.8 Å². The molecule has 0 aromatic carbocycles. The van der Waals surface area contributed by atoms with Gasteiger partial charge in [0.05, 0.1) is 6.61 Å². The number of piperidine rings is 1. The Morgan fingerprint density at radius 3 is 2.71 bits per heavy atom. The van der Waals surface area contributed by atoms with Crippen molar-refractivity contribution in [2.75, 3.05) is 25.6 Å². The molecule has 0 bridgehead atoms. The molecule has 1 rings (SSSR count). The number of thiol groups is 1. The van der Waals surface area contributed by atoms with Crippen LogP contribution >= 0.6 is 12.6 Å². The lowest BCUT2D eigenvalue weighted by atomic mass is 10.1. The molecule has 1 aliphatic heterocycles. The maximum atomic E-state index is 11.3. The van der Waals surface area contributed by atoms with E-state index in [1.54, 1.807) is 4.90 Å². The number of hydrogen-bond donors (Lipinski definition) is 2. The zero-order valence-corrected chi connectivity index (χ0v) is 9.43.